The third-order valence-corrected chi connectivity index (χ3v) is 13.6. The zero-order valence-electron chi connectivity index (χ0n) is 27.4. The number of nitrogens with two attached hydrogens (primary N) is 1. The highest BCUT2D eigenvalue weighted by atomic mass is 19.1. The van der Waals surface area contributed by atoms with Crippen molar-refractivity contribution in [1.82, 2.24) is 15.1 Å². The van der Waals surface area contributed by atoms with Crippen molar-refractivity contribution in [2.75, 3.05) is 20.1 Å². The molecule has 11 unspecified atom stereocenters. The van der Waals surface area contributed by atoms with Crippen LogP contribution in [-0.2, 0) is 14.3 Å². The van der Waals surface area contributed by atoms with Crippen molar-refractivity contribution < 1.29 is 18.7 Å². The van der Waals surface area contributed by atoms with Crippen LogP contribution in [0.2, 0.25) is 0 Å². The number of halogens is 1. The topological polar surface area (TPSA) is 87.9 Å². The van der Waals surface area contributed by atoms with Gasteiger partial charge in [0.2, 0.25) is 0 Å². The highest BCUT2D eigenvalue weighted by Gasteiger charge is 2.61. The molecule has 7 nitrogen and oxygen atoms in total. The lowest BCUT2D eigenvalue weighted by atomic mass is 9.62. The van der Waals surface area contributed by atoms with E-state index in [1.54, 1.807) is 0 Å². The zero-order chi connectivity index (χ0) is 31.5. The van der Waals surface area contributed by atoms with Gasteiger partial charge in [0.05, 0.1) is 29.9 Å². The van der Waals surface area contributed by atoms with Crippen LogP contribution in [0.4, 0.5) is 4.39 Å². The molecule has 46 heavy (non-hydrogen) atoms. The standard InChI is InChI=1S/C38H53FN4O3/c1-42-15-7-12-26(42)13-14-41-38(45)29-21-43-32-18-23-10-5-6-11-24(23)19-33(32)46-37-34(30(39)20-28(35(37)43)36(29)44)25-16-27(31(40)17-25)22-8-3-2-4-9-22/h2-4,8-9,21,23-28,30-35,37H,5-7,10-20,40H2,1H3,(H,41,45)/t23?,24?,25?,26?,27-,28?,30?,31+,32?,33?,34?,35?,37?/m0/s1. The fourth-order valence-corrected chi connectivity index (χ4v) is 11.3. The second kappa shape index (κ2) is 12.6. The number of nitrogens with zero attached hydrogens (tertiary/aromatic N) is 2. The van der Waals surface area contributed by atoms with E-state index in [4.69, 9.17) is 10.5 Å². The van der Waals surface area contributed by atoms with E-state index in [1.807, 2.05) is 12.3 Å². The number of ether oxygens (including phenoxy) is 1. The Kier molecular flexibility index (Phi) is 8.51. The molecule has 2 saturated heterocycles. The number of rotatable bonds is 6. The van der Waals surface area contributed by atoms with Crippen molar-refractivity contribution in [1.29, 1.82) is 0 Å². The van der Waals surface area contributed by atoms with Gasteiger partial charge in [0.15, 0.2) is 5.78 Å². The van der Waals surface area contributed by atoms with E-state index in [2.05, 4.69) is 46.4 Å². The van der Waals surface area contributed by atoms with Gasteiger partial charge in [-0.15, -0.1) is 0 Å². The summed E-state index contributed by atoms with van der Waals surface area (Å²) >= 11 is 0. The van der Waals surface area contributed by atoms with Crippen molar-refractivity contribution in [2.45, 2.75) is 126 Å². The fraction of sp³-hybridized carbons (Fsp3) is 0.737. The van der Waals surface area contributed by atoms with Crippen LogP contribution in [0.5, 0.6) is 0 Å². The molecule has 8 rings (SSSR count). The molecule has 4 aliphatic carbocycles. The van der Waals surface area contributed by atoms with Gasteiger partial charge in [-0.25, -0.2) is 4.39 Å². The molecule has 1 aromatic carbocycles. The summed E-state index contributed by atoms with van der Waals surface area (Å²) < 4.78 is 23.8. The maximum atomic E-state index is 16.7. The van der Waals surface area contributed by atoms with Gasteiger partial charge in [-0.3, -0.25) is 9.59 Å². The molecule has 1 amide bonds. The quantitative estimate of drug-likeness (QED) is 0.432. The molecule has 0 aromatic heterocycles. The Balaban J connectivity index is 1.08. The molecular weight excluding hydrogens is 579 g/mol. The molecule has 3 aliphatic heterocycles. The van der Waals surface area contributed by atoms with Crippen molar-refractivity contribution in [2.24, 2.45) is 35.3 Å². The highest BCUT2D eigenvalue weighted by Crippen LogP contribution is 2.55. The summed E-state index contributed by atoms with van der Waals surface area (Å²) in [6.45, 7) is 1.64. The van der Waals surface area contributed by atoms with Gasteiger partial charge in [0, 0.05) is 36.7 Å². The maximum absolute atomic E-state index is 16.7. The van der Waals surface area contributed by atoms with Crippen molar-refractivity contribution in [3.63, 3.8) is 0 Å². The van der Waals surface area contributed by atoms with E-state index in [9.17, 15) is 9.59 Å². The van der Waals surface area contributed by atoms with Crippen LogP contribution in [0.25, 0.3) is 0 Å². The lowest BCUT2D eigenvalue weighted by Crippen LogP contribution is -2.71. The predicted molar refractivity (Wildman–Crippen MR) is 176 cm³/mol. The smallest absolute Gasteiger partial charge is 0.256 e. The van der Waals surface area contributed by atoms with Crippen LogP contribution < -0.4 is 11.1 Å². The summed E-state index contributed by atoms with van der Waals surface area (Å²) in [5, 5.41) is 3.09. The Bertz CT molecular complexity index is 1320. The van der Waals surface area contributed by atoms with Gasteiger partial charge in [-0.2, -0.15) is 0 Å². The molecule has 4 saturated carbocycles. The number of carbonyl (C=O) groups excluding carboxylic acids is 2. The fourth-order valence-electron chi connectivity index (χ4n) is 11.3. The van der Waals surface area contributed by atoms with E-state index in [1.165, 1.54) is 37.7 Å². The number of likely N-dealkylation sites (tertiary alicyclic amines) is 1. The first-order valence-corrected chi connectivity index (χ1v) is 18.5. The van der Waals surface area contributed by atoms with E-state index >= 15 is 4.39 Å². The lowest BCUT2D eigenvalue weighted by molar-refractivity contribution is -0.224. The minimum atomic E-state index is -1.16. The Labute approximate surface area is 273 Å². The van der Waals surface area contributed by atoms with Gasteiger partial charge < -0.3 is 25.6 Å². The van der Waals surface area contributed by atoms with Gasteiger partial charge >= 0.3 is 0 Å². The molecule has 7 aliphatic rings. The Morgan fingerprint density at radius 1 is 0.978 bits per heavy atom. The first kappa shape index (κ1) is 31.0. The molecule has 250 valence electrons. The summed E-state index contributed by atoms with van der Waals surface area (Å²) in [6.07, 6.45) is 12.5. The first-order chi connectivity index (χ1) is 22.4. The van der Waals surface area contributed by atoms with Crippen LogP contribution in [0.15, 0.2) is 42.1 Å². The number of amides is 1. The first-order valence-electron chi connectivity index (χ1n) is 18.5. The average Bonchev–Trinajstić information content (AvgIpc) is 3.65. The Hall–Kier alpha value is -2.29. The third-order valence-electron chi connectivity index (χ3n) is 13.6. The van der Waals surface area contributed by atoms with Crippen molar-refractivity contribution in [3.8, 4) is 0 Å². The van der Waals surface area contributed by atoms with Crippen molar-refractivity contribution >= 4 is 11.7 Å². The van der Waals surface area contributed by atoms with E-state index in [0.717, 1.165) is 45.1 Å². The van der Waals surface area contributed by atoms with Crippen LogP contribution in [0.3, 0.4) is 0 Å². The third kappa shape index (κ3) is 5.44. The van der Waals surface area contributed by atoms with Crippen LogP contribution in [0, 0.1) is 29.6 Å². The normalized spacial score (nSPS) is 43.8. The average molecular weight is 633 g/mol. The van der Waals surface area contributed by atoms with E-state index < -0.39 is 12.1 Å². The van der Waals surface area contributed by atoms with Gasteiger partial charge in [0.1, 0.15) is 6.17 Å². The number of alkyl halides is 1. The summed E-state index contributed by atoms with van der Waals surface area (Å²) in [4.78, 5) is 32.5. The maximum Gasteiger partial charge on any atom is 0.256 e. The molecule has 3 N–H and O–H groups in total. The Morgan fingerprint density at radius 3 is 2.52 bits per heavy atom. The molecule has 13 atom stereocenters. The summed E-state index contributed by atoms with van der Waals surface area (Å²) in [5.74, 6) is 0.271. The monoisotopic (exact) mass is 632 g/mol. The van der Waals surface area contributed by atoms with E-state index in [0.29, 0.717) is 24.4 Å². The number of Topliss-reactive ketones (excluding diaryl/α,β-unsaturated/α-hetero) is 1. The molecular formula is C38H53FN4O3. The largest absolute Gasteiger partial charge is 0.370 e. The van der Waals surface area contributed by atoms with Crippen molar-refractivity contribution in [3.05, 3.63) is 47.7 Å². The second-order valence-corrected chi connectivity index (χ2v) is 16.0. The minimum Gasteiger partial charge on any atom is -0.370 e. The van der Waals surface area contributed by atoms with E-state index in [-0.39, 0.29) is 71.8 Å². The van der Waals surface area contributed by atoms with Gasteiger partial charge in [-0.05, 0) is 94.2 Å². The predicted octanol–water partition coefficient (Wildman–Crippen LogP) is 4.96. The molecule has 0 radical (unpaired) electrons. The Morgan fingerprint density at radius 2 is 1.76 bits per heavy atom. The van der Waals surface area contributed by atoms with Crippen LogP contribution >= 0.6 is 0 Å². The molecule has 3 heterocycles. The molecule has 0 spiro atoms. The number of fused-ring (bicyclic) bond motifs is 3. The van der Waals surface area contributed by atoms with Crippen LogP contribution in [-0.4, -0.2) is 84.2 Å². The highest BCUT2D eigenvalue weighted by molar-refractivity contribution is 6.20. The van der Waals surface area contributed by atoms with Crippen LogP contribution in [0.1, 0.15) is 88.5 Å². The number of benzene rings is 1. The van der Waals surface area contributed by atoms with Gasteiger partial charge in [0.25, 0.3) is 5.91 Å². The SMILES string of the molecule is CN1CCCC1CCNC(=O)C1=CN2C3CC4CCCCC4CC3OC3C(C4C[C@@H](N)[C@H](c5ccccc5)C4)C(F)CC(C1=O)C32. The number of hydrogen-bond donors (Lipinski definition) is 2. The minimum absolute atomic E-state index is 0.000661. The number of hydrogen-bond acceptors (Lipinski definition) is 6. The molecule has 8 heteroatoms. The lowest BCUT2D eigenvalue weighted by Gasteiger charge is -2.61. The summed E-state index contributed by atoms with van der Waals surface area (Å²) in [5.41, 5.74) is 8.23. The molecule has 0 bridgehead atoms. The number of nitrogens with one attached hydrogen (secondary N) is 1. The zero-order valence-corrected chi connectivity index (χ0v) is 27.4. The molecule has 1 aromatic rings. The summed E-state index contributed by atoms with van der Waals surface area (Å²) in [7, 11) is 2.14. The van der Waals surface area contributed by atoms with Gasteiger partial charge in [-0.1, -0.05) is 56.0 Å². The number of carbonyl (C=O) groups is 2. The number of ketones is 1. The molecule has 6 fully saturated rings. The second-order valence-electron chi connectivity index (χ2n) is 16.0. The number of morpholine rings is 1. The summed E-state index contributed by atoms with van der Waals surface area (Å²) in [6, 6.07) is 10.8.